The Balaban J connectivity index is 1.56. The first-order valence-electron chi connectivity index (χ1n) is 9.15. The molecule has 0 radical (unpaired) electrons. The van der Waals surface area contributed by atoms with Crippen LogP contribution in [0.5, 0.6) is 5.75 Å². The summed E-state index contributed by atoms with van der Waals surface area (Å²) in [6.45, 7) is 2.27. The number of ether oxygens (including phenoxy) is 2. The lowest BCUT2D eigenvalue weighted by Crippen LogP contribution is -2.17. The molecule has 8 nitrogen and oxygen atoms in total. The zero-order valence-electron chi connectivity index (χ0n) is 16.9. The molecule has 1 N–H and O–H groups in total. The Kier molecular flexibility index (Phi) is 7.08. The minimum Gasteiger partial charge on any atom is -0.486 e. The number of rotatable bonds is 8. The molecule has 3 rings (SSSR count). The molecular formula is C21H22N4O4S. The van der Waals surface area contributed by atoms with Crippen LogP contribution in [0.1, 0.15) is 21.7 Å². The molecule has 1 aromatic heterocycles. The molecule has 0 bridgehead atoms. The van der Waals surface area contributed by atoms with Crippen LogP contribution in [0.2, 0.25) is 0 Å². The molecule has 0 aliphatic heterocycles. The molecule has 0 unspecified atom stereocenters. The summed E-state index contributed by atoms with van der Waals surface area (Å²) in [5.41, 5.74) is 1.81. The van der Waals surface area contributed by atoms with Crippen LogP contribution in [-0.2, 0) is 23.2 Å². The number of methoxy groups -OCH3 is 1. The lowest BCUT2D eigenvalue weighted by atomic mass is 10.2. The maximum absolute atomic E-state index is 12.3. The Morgan fingerprint density at radius 3 is 2.70 bits per heavy atom. The van der Waals surface area contributed by atoms with Gasteiger partial charge in [0.2, 0.25) is 5.91 Å². The fraction of sp³-hybridized carbons (Fsp3) is 0.238. The Morgan fingerprint density at radius 1 is 1.13 bits per heavy atom. The molecule has 0 spiro atoms. The summed E-state index contributed by atoms with van der Waals surface area (Å²) in [4.78, 5) is 24.2. The third-order valence-corrected chi connectivity index (χ3v) is 5.24. The van der Waals surface area contributed by atoms with Gasteiger partial charge in [0, 0.05) is 7.05 Å². The van der Waals surface area contributed by atoms with Gasteiger partial charge in [-0.1, -0.05) is 36.0 Å². The van der Waals surface area contributed by atoms with Crippen molar-refractivity contribution in [2.75, 3.05) is 18.2 Å². The molecule has 0 atom stereocenters. The average molecular weight is 426 g/mol. The van der Waals surface area contributed by atoms with Crippen LogP contribution in [0, 0.1) is 6.92 Å². The molecule has 2 aromatic carbocycles. The van der Waals surface area contributed by atoms with Crippen molar-refractivity contribution < 1.29 is 19.1 Å². The largest absolute Gasteiger partial charge is 0.486 e. The number of aryl methyl sites for hydroxylation is 1. The SMILES string of the molecule is COC(=O)c1ccccc1NC(=O)CSc1nnc(COc2cccc(C)c2)n1C. The van der Waals surface area contributed by atoms with Crippen LogP contribution in [-0.4, -0.2) is 39.5 Å². The maximum Gasteiger partial charge on any atom is 0.339 e. The smallest absolute Gasteiger partial charge is 0.339 e. The third kappa shape index (κ3) is 5.38. The highest BCUT2D eigenvalue weighted by Gasteiger charge is 2.15. The Morgan fingerprint density at radius 2 is 1.93 bits per heavy atom. The number of benzene rings is 2. The lowest BCUT2D eigenvalue weighted by Gasteiger charge is -2.09. The summed E-state index contributed by atoms with van der Waals surface area (Å²) >= 11 is 1.24. The molecule has 1 amide bonds. The van der Waals surface area contributed by atoms with Crippen molar-refractivity contribution in [3.05, 3.63) is 65.5 Å². The lowest BCUT2D eigenvalue weighted by molar-refractivity contribution is -0.113. The molecule has 30 heavy (non-hydrogen) atoms. The first-order valence-corrected chi connectivity index (χ1v) is 10.1. The number of aromatic nitrogens is 3. The maximum atomic E-state index is 12.3. The van der Waals surface area contributed by atoms with Gasteiger partial charge >= 0.3 is 5.97 Å². The topological polar surface area (TPSA) is 95.3 Å². The third-order valence-electron chi connectivity index (χ3n) is 4.22. The number of carbonyl (C=O) groups excluding carboxylic acids is 2. The fourth-order valence-corrected chi connectivity index (χ4v) is 3.38. The van der Waals surface area contributed by atoms with Crippen LogP contribution < -0.4 is 10.1 Å². The first kappa shape index (κ1) is 21.4. The number of para-hydroxylation sites is 1. The molecule has 0 fully saturated rings. The Labute approximate surface area is 178 Å². The van der Waals surface area contributed by atoms with Gasteiger partial charge in [0.25, 0.3) is 0 Å². The summed E-state index contributed by atoms with van der Waals surface area (Å²) < 4.78 is 12.3. The highest BCUT2D eigenvalue weighted by atomic mass is 32.2. The molecule has 0 aliphatic rings. The summed E-state index contributed by atoms with van der Waals surface area (Å²) in [7, 11) is 3.12. The first-order chi connectivity index (χ1) is 14.5. The standard InChI is InChI=1S/C21H22N4O4S/c1-14-7-6-8-15(11-14)29-12-18-23-24-21(25(18)2)30-13-19(26)22-17-10-5-4-9-16(17)20(27)28-3/h4-11H,12-13H2,1-3H3,(H,22,26). The minimum atomic E-state index is -0.509. The van der Waals surface area contributed by atoms with Crippen LogP contribution in [0.4, 0.5) is 5.69 Å². The predicted molar refractivity (Wildman–Crippen MR) is 114 cm³/mol. The van der Waals surface area contributed by atoms with Gasteiger partial charge in [-0.25, -0.2) is 4.79 Å². The monoisotopic (exact) mass is 426 g/mol. The fourth-order valence-electron chi connectivity index (χ4n) is 2.65. The number of hydrogen-bond acceptors (Lipinski definition) is 7. The second kappa shape index (κ2) is 9.93. The molecule has 156 valence electrons. The van der Waals surface area contributed by atoms with E-state index in [-0.39, 0.29) is 18.3 Å². The summed E-state index contributed by atoms with van der Waals surface area (Å²) in [5.74, 6) is 0.744. The zero-order chi connectivity index (χ0) is 21.5. The van der Waals surface area contributed by atoms with Crippen LogP contribution >= 0.6 is 11.8 Å². The van der Waals surface area contributed by atoms with Crippen LogP contribution in [0.15, 0.2) is 53.7 Å². The van der Waals surface area contributed by atoms with Gasteiger partial charge in [-0.3, -0.25) is 4.79 Å². The summed E-state index contributed by atoms with van der Waals surface area (Å²) in [6, 6.07) is 14.4. The van der Waals surface area contributed by atoms with E-state index in [0.29, 0.717) is 22.2 Å². The Bertz CT molecular complexity index is 1050. The van der Waals surface area contributed by atoms with E-state index in [4.69, 9.17) is 9.47 Å². The van der Waals surface area contributed by atoms with E-state index >= 15 is 0 Å². The second-order valence-corrected chi connectivity index (χ2v) is 7.38. The average Bonchev–Trinajstić information content (AvgIpc) is 3.10. The highest BCUT2D eigenvalue weighted by Crippen LogP contribution is 2.20. The van der Waals surface area contributed by atoms with E-state index in [1.54, 1.807) is 28.8 Å². The van der Waals surface area contributed by atoms with Crippen LogP contribution in [0.25, 0.3) is 0 Å². The highest BCUT2D eigenvalue weighted by molar-refractivity contribution is 7.99. The Hall–Kier alpha value is -3.33. The number of hydrogen-bond donors (Lipinski definition) is 1. The van der Waals surface area contributed by atoms with Crippen molar-refractivity contribution in [3.8, 4) is 5.75 Å². The van der Waals surface area contributed by atoms with Gasteiger partial charge in [0.1, 0.15) is 12.4 Å². The van der Waals surface area contributed by atoms with Crippen molar-refractivity contribution >= 4 is 29.3 Å². The molecule has 0 aliphatic carbocycles. The van der Waals surface area contributed by atoms with E-state index in [9.17, 15) is 9.59 Å². The van der Waals surface area contributed by atoms with E-state index in [0.717, 1.165) is 11.3 Å². The van der Waals surface area contributed by atoms with E-state index in [1.807, 2.05) is 38.2 Å². The normalized spacial score (nSPS) is 10.5. The zero-order valence-corrected chi connectivity index (χ0v) is 17.7. The van der Waals surface area contributed by atoms with Gasteiger partial charge < -0.3 is 19.4 Å². The number of carbonyl (C=O) groups is 2. The van der Waals surface area contributed by atoms with Gasteiger partial charge in [-0.05, 0) is 36.8 Å². The number of anilines is 1. The molecule has 1 heterocycles. The minimum absolute atomic E-state index is 0.111. The van der Waals surface area contributed by atoms with E-state index in [2.05, 4.69) is 15.5 Å². The van der Waals surface area contributed by atoms with Crippen molar-refractivity contribution in [3.63, 3.8) is 0 Å². The number of thioether (sulfide) groups is 1. The quantitative estimate of drug-likeness (QED) is 0.436. The predicted octanol–water partition coefficient (Wildman–Crippen LogP) is 3.22. The molecular weight excluding hydrogens is 404 g/mol. The number of esters is 1. The van der Waals surface area contributed by atoms with Gasteiger partial charge in [-0.15, -0.1) is 10.2 Å². The number of amides is 1. The van der Waals surface area contributed by atoms with Crippen LogP contribution in [0.3, 0.4) is 0 Å². The second-order valence-electron chi connectivity index (χ2n) is 6.44. The van der Waals surface area contributed by atoms with Gasteiger partial charge in [-0.2, -0.15) is 0 Å². The van der Waals surface area contributed by atoms with E-state index in [1.165, 1.54) is 18.9 Å². The molecule has 9 heteroatoms. The van der Waals surface area contributed by atoms with Crippen molar-refractivity contribution in [2.45, 2.75) is 18.7 Å². The summed E-state index contributed by atoms with van der Waals surface area (Å²) in [6.07, 6.45) is 0. The molecule has 0 saturated carbocycles. The molecule has 3 aromatic rings. The van der Waals surface area contributed by atoms with Gasteiger partial charge in [0.15, 0.2) is 11.0 Å². The van der Waals surface area contributed by atoms with E-state index < -0.39 is 5.97 Å². The molecule has 0 saturated heterocycles. The number of nitrogens with one attached hydrogen (secondary N) is 1. The number of nitrogens with zero attached hydrogens (tertiary/aromatic N) is 3. The summed E-state index contributed by atoms with van der Waals surface area (Å²) in [5, 5.41) is 11.6. The van der Waals surface area contributed by atoms with Crippen molar-refractivity contribution in [2.24, 2.45) is 7.05 Å². The van der Waals surface area contributed by atoms with Gasteiger partial charge in [0.05, 0.1) is 24.1 Å². The van der Waals surface area contributed by atoms with Crippen molar-refractivity contribution in [1.82, 2.24) is 14.8 Å². The van der Waals surface area contributed by atoms with Crippen molar-refractivity contribution in [1.29, 1.82) is 0 Å².